The number of halogens is 1. The Labute approximate surface area is 242 Å². The van der Waals surface area contributed by atoms with E-state index in [0.29, 0.717) is 17.3 Å². The number of ether oxygens (including phenoxy) is 1. The Kier molecular flexibility index (Phi) is 7.41. The Hall–Kier alpha value is -5.03. The molecule has 0 fully saturated rings. The van der Waals surface area contributed by atoms with Crippen molar-refractivity contribution in [1.82, 2.24) is 29.9 Å². The van der Waals surface area contributed by atoms with Crippen molar-refractivity contribution in [2.45, 2.75) is 32.7 Å². The van der Waals surface area contributed by atoms with Crippen molar-refractivity contribution < 1.29 is 13.9 Å². The van der Waals surface area contributed by atoms with Crippen LogP contribution in [0.15, 0.2) is 73.2 Å². The molecule has 0 aliphatic carbocycles. The summed E-state index contributed by atoms with van der Waals surface area (Å²) >= 11 is 0. The van der Waals surface area contributed by atoms with Crippen molar-refractivity contribution >= 4 is 17.5 Å². The fraction of sp³-hybridized carbons (Fsp3) is 0.226. The molecule has 42 heavy (non-hydrogen) atoms. The van der Waals surface area contributed by atoms with Gasteiger partial charge in [-0.05, 0) is 60.3 Å². The molecule has 0 atom stereocenters. The molecule has 3 N–H and O–H groups in total. The summed E-state index contributed by atoms with van der Waals surface area (Å²) < 4.78 is 24.3. The molecule has 11 heteroatoms. The van der Waals surface area contributed by atoms with Gasteiger partial charge >= 0.3 is 6.03 Å². The zero-order chi connectivity index (χ0) is 29.2. The number of anilines is 2. The number of pyridine rings is 1. The quantitative estimate of drug-likeness (QED) is 0.222. The molecule has 0 unspecified atom stereocenters. The lowest BCUT2D eigenvalue weighted by molar-refractivity contribution is 0.262. The zero-order valence-electron chi connectivity index (χ0n) is 23.6. The van der Waals surface area contributed by atoms with E-state index in [1.165, 1.54) is 23.3 Å². The van der Waals surface area contributed by atoms with Gasteiger partial charge in [-0.2, -0.15) is 10.2 Å². The number of aryl methyl sites for hydroxylation is 1. The molecule has 6 rings (SSSR count). The van der Waals surface area contributed by atoms with Crippen molar-refractivity contribution in [2.75, 3.05) is 17.2 Å². The van der Waals surface area contributed by atoms with E-state index in [1.54, 1.807) is 40.0 Å². The number of nitrogens with zero attached hydrogens (tertiary/aromatic N) is 5. The van der Waals surface area contributed by atoms with Gasteiger partial charge < -0.3 is 15.4 Å². The SMILES string of the molecule is CC(C)c1cc(NC(=O)Nc2ccc(Oc3ccnc(-c4cnn(C)c4)c3)cc2F)n(-c2ccc3c(c2)CCNC3)n1. The number of hydrogen-bond acceptors (Lipinski definition) is 6. The van der Waals surface area contributed by atoms with Crippen LogP contribution in [0.1, 0.15) is 36.6 Å². The molecule has 10 nitrogen and oxygen atoms in total. The second-order valence-corrected chi connectivity index (χ2v) is 10.5. The van der Waals surface area contributed by atoms with Crippen LogP contribution in [-0.2, 0) is 20.0 Å². The van der Waals surface area contributed by atoms with E-state index in [0.717, 1.165) is 36.5 Å². The molecular weight excluding hydrogens is 535 g/mol. The predicted octanol–water partition coefficient (Wildman–Crippen LogP) is 6.01. The fourth-order valence-electron chi connectivity index (χ4n) is 4.82. The molecule has 3 aromatic heterocycles. The number of nitrogens with one attached hydrogen (secondary N) is 3. The standard InChI is InChI=1S/C31H31FN8O2/c1-19(2)28-15-30(40(38-28)23-5-4-21-16-33-10-8-20(21)12-23)37-31(41)36-27-7-6-24(13-26(27)32)42-25-9-11-34-29(14-25)22-17-35-39(3)18-22/h4-7,9,11-15,17-19,33H,8,10,16H2,1-3H3,(H2,36,37,41). The number of urea groups is 1. The highest BCUT2D eigenvalue weighted by Gasteiger charge is 2.18. The average molecular weight is 567 g/mol. The Balaban J connectivity index is 1.16. The molecule has 2 aromatic carbocycles. The first kappa shape index (κ1) is 27.2. The Morgan fingerprint density at radius 2 is 1.90 bits per heavy atom. The van der Waals surface area contributed by atoms with Crippen molar-refractivity contribution in [3.63, 3.8) is 0 Å². The molecule has 4 heterocycles. The van der Waals surface area contributed by atoms with Crippen molar-refractivity contribution in [2.24, 2.45) is 7.05 Å². The smallest absolute Gasteiger partial charge is 0.324 e. The number of aromatic nitrogens is 5. The van der Waals surface area contributed by atoms with E-state index in [1.807, 2.05) is 39.2 Å². The highest BCUT2D eigenvalue weighted by molar-refractivity contribution is 5.99. The van der Waals surface area contributed by atoms with Gasteiger partial charge in [-0.3, -0.25) is 15.0 Å². The minimum Gasteiger partial charge on any atom is -0.457 e. The summed E-state index contributed by atoms with van der Waals surface area (Å²) in [4.78, 5) is 17.3. The molecule has 1 aliphatic heterocycles. The topological polar surface area (TPSA) is 111 Å². The van der Waals surface area contributed by atoms with E-state index in [9.17, 15) is 4.79 Å². The first-order valence-corrected chi connectivity index (χ1v) is 13.8. The van der Waals surface area contributed by atoms with Gasteiger partial charge in [-0.15, -0.1) is 0 Å². The highest BCUT2D eigenvalue weighted by Crippen LogP contribution is 2.29. The van der Waals surface area contributed by atoms with Crippen LogP contribution >= 0.6 is 0 Å². The molecule has 5 aromatic rings. The lowest BCUT2D eigenvalue weighted by Crippen LogP contribution is -2.24. The number of benzene rings is 2. The number of hydrogen-bond donors (Lipinski definition) is 3. The Bertz CT molecular complexity index is 1760. The summed E-state index contributed by atoms with van der Waals surface area (Å²) in [6.07, 6.45) is 6.10. The van der Waals surface area contributed by atoms with Gasteiger partial charge in [0.2, 0.25) is 0 Å². The van der Waals surface area contributed by atoms with Crippen molar-refractivity contribution in [3.05, 3.63) is 95.8 Å². The van der Waals surface area contributed by atoms with Crippen LogP contribution in [0.4, 0.5) is 20.7 Å². The largest absolute Gasteiger partial charge is 0.457 e. The number of fused-ring (bicyclic) bond motifs is 1. The van der Waals surface area contributed by atoms with Gasteiger partial charge in [-0.1, -0.05) is 19.9 Å². The van der Waals surface area contributed by atoms with Crippen molar-refractivity contribution in [3.8, 4) is 28.4 Å². The van der Waals surface area contributed by atoms with Crippen LogP contribution in [0.2, 0.25) is 0 Å². The first-order valence-electron chi connectivity index (χ1n) is 13.8. The fourth-order valence-corrected chi connectivity index (χ4v) is 4.82. The van der Waals surface area contributed by atoms with Crippen molar-refractivity contribution in [1.29, 1.82) is 0 Å². The maximum atomic E-state index is 15.0. The van der Waals surface area contributed by atoms with E-state index in [2.05, 4.69) is 38.2 Å². The third kappa shape index (κ3) is 5.86. The number of carbonyl (C=O) groups is 1. The Morgan fingerprint density at radius 3 is 2.69 bits per heavy atom. The maximum absolute atomic E-state index is 15.0. The maximum Gasteiger partial charge on any atom is 0.324 e. The number of rotatable bonds is 7. The molecule has 0 radical (unpaired) electrons. The number of carbonyl (C=O) groups excluding carboxylic acids is 1. The first-order chi connectivity index (χ1) is 20.3. The second kappa shape index (κ2) is 11.5. The van der Waals surface area contributed by atoms with Gasteiger partial charge in [0.05, 0.1) is 29.0 Å². The molecule has 0 saturated carbocycles. The summed E-state index contributed by atoms with van der Waals surface area (Å²) in [7, 11) is 1.83. The van der Waals surface area contributed by atoms with Gasteiger partial charge in [0.15, 0.2) is 0 Å². The van der Waals surface area contributed by atoms with Crippen LogP contribution < -0.4 is 20.7 Å². The molecule has 2 amide bonds. The van der Waals surface area contributed by atoms with Gasteiger partial charge in [0.1, 0.15) is 23.1 Å². The van der Waals surface area contributed by atoms with E-state index in [-0.39, 0.29) is 17.4 Å². The zero-order valence-corrected chi connectivity index (χ0v) is 23.6. The van der Waals surface area contributed by atoms with E-state index in [4.69, 9.17) is 9.84 Å². The van der Waals surface area contributed by atoms with Gasteiger partial charge in [0.25, 0.3) is 0 Å². The Morgan fingerprint density at radius 1 is 1.05 bits per heavy atom. The third-order valence-electron chi connectivity index (χ3n) is 7.04. The minimum absolute atomic E-state index is 0.0158. The van der Waals surface area contributed by atoms with Crippen LogP contribution in [0.25, 0.3) is 16.9 Å². The molecule has 0 saturated heterocycles. The molecule has 1 aliphatic rings. The molecule has 0 spiro atoms. The monoisotopic (exact) mass is 566 g/mol. The molecule has 0 bridgehead atoms. The minimum atomic E-state index is -0.635. The van der Waals surface area contributed by atoms with Crippen LogP contribution in [-0.4, -0.2) is 37.1 Å². The lowest BCUT2D eigenvalue weighted by Gasteiger charge is -2.18. The summed E-state index contributed by atoms with van der Waals surface area (Å²) in [6.45, 7) is 5.84. The average Bonchev–Trinajstić information content (AvgIpc) is 3.61. The normalized spacial score (nSPS) is 12.7. The summed E-state index contributed by atoms with van der Waals surface area (Å²) in [5.74, 6) is 0.789. The molecular formula is C31H31FN8O2. The van der Waals surface area contributed by atoms with E-state index < -0.39 is 11.8 Å². The van der Waals surface area contributed by atoms with Gasteiger partial charge in [0, 0.05) is 49.7 Å². The highest BCUT2D eigenvalue weighted by atomic mass is 19.1. The van der Waals surface area contributed by atoms with Crippen LogP contribution in [0.5, 0.6) is 11.5 Å². The van der Waals surface area contributed by atoms with E-state index >= 15 is 4.39 Å². The summed E-state index contributed by atoms with van der Waals surface area (Å²) in [5.41, 5.74) is 5.74. The van der Waals surface area contributed by atoms with Crippen LogP contribution in [0.3, 0.4) is 0 Å². The lowest BCUT2D eigenvalue weighted by atomic mass is 10.0. The predicted molar refractivity (Wildman–Crippen MR) is 159 cm³/mol. The van der Waals surface area contributed by atoms with Gasteiger partial charge in [-0.25, -0.2) is 13.9 Å². The molecule has 214 valence electrons. The second-order valence-electron chi connectivity index (χ2n) is 10.5. The summed E-state index contributed by atoms with van der Waals surface area (Å²) in [6, 6.07) is 15.2. The number of amides is 2. The third-order valence-corrected chi connectivity index (χ3v) is 7.04. The van der Waals surface area contributed by atoms with Crippen LogP contribution in [0, 0.1) is 5.82 Å². The summed E-state index contributed by atoms with van der Waals surface area (Å²) in [5, 5.41) is 17.7.